The lowest BCUT2D eigenvalue weighted by Gasteiger charge is -2.17. The van der Waals surface area contributed by atoms with Gasteiger partial charge in [-0.25, -0.2) is 0 Å². The van der Waals surface area contributed by atoms with E-state index >= 15 is 0 Å². The molecule has 0 bridgehead atoms. The number of carbonyl (C=O) groups excluding carboxylic acids is 1. The Morgan fingerprint density at radius 3 is 2.79 bits per heavy atom. The molecule has 1 aliphatic carbocycles. The molecule has 1 N–H and O–H groups in total. The summed E-state index contributed by atoms with van der Waals surface area (Å²) in [6.07, 6.45) is 4.26. The number of rotatable bonds is 5. The summed E-state index contributed by atoms with van der Waals surface area (Å²) in [5.74, 6) is -0.331. The zero-order valence-corrected chi connectivity index (χ0v) is 16.4. The van der Waals surface area contributed by atoms with E-state index in [4.69, 9.17) is 4.74 Å². The summed E-state index contributed by atoms with van der Waals surface area (Å²) in [6, 6.07) is 12.3. The number of nitrogens with one attached hydrogen (secondary N) is 1. The van der Waals surface area contributed by atoms with Crippen LogP contribution in [-0.2, 0) is 22.0 Å². The molecule has 1 saturated carbocycles. The molecule has 2 aliphatic rings. The second-order valence-corrected chi connectivity index (χ2v) is 8.39. The highest BCUT2D eigenvalue weighted by atomic mass is 32.1. The number of aromatic nitrogens is 4. The second kappa shape index (κ2) is 6.79. The van der Waals surface area contributed by atoms with Gasteiger partial charge in [0.05, 0.1) is 11.6 Å². The van der Waals surface area contributed by atoms with Crippen molar-refractivity contribution in [3.05, 3.63) is 58.9 Å². The lowest BCUT2D eigenvalue weighted by Crippen LogP contribution is -2.26. The zero-order valence-electron chi connectivity index (χ0n) is 15.5. The molecule has 1 aromatic carbocycles. The van der Waals surface area contributed by atoms with Crippen LogP contribution in [0.1, 0.15) is 41.6 Å². The number of ether oxygens (including phenoxy) is 1. The minimum Gasteiger partial charge on any atom is -0.371 e. The molecule has 3 aromatic rings. The van der Waals surface area contributed by atoms with Crippen LogP contribution in [0.25, 0.3) is 0 Å². The zero-order chi connectivity index (χ0) is 19.1. The summed E-state index contributed by atoms with van der Waals surface area (Å²) < 4.78 is 7.58. The number of anilines is 1. The Balaban J connectivity index is 1.32. The Labute approximate surface area is 166 Å². The first kappa shape index (κ1) is 17.5. The van der Waals surface area contributed by atoms with Crippen molar-refractivity contribution in [2.75, 3.05) is 11.9 Å². The molecule has 1 saturated heterocycles. The molecule has 1 amide bonds. The van der Waals surface area contributed by atoms with E-state index in [0.29, 0.717) is 18.2 Å². The lowest BCUT2D eigenvalue weighted by molar-refractivity contribution is -0.121. The van der Waals surface area contributed by atoms with Crippen LogP contribution >= 0.6 is 11.3 Å². The molecule has 28 heavy (non-hydrogen) atoms. The third-order valence-corrected chi connectivity index (χ3v) is 6.76. The minimum absolute atomic E-state index is 0.0321. The van der Waals surface area contributed by atoms with Crippen molar-refractivity contribution in [3.8, 4) is 0 Å². The first-order chi connectivity index (χ1) is 13.7. The van der Waals surface area contributed by atoms with Crippen LogP contribution in [0.4, 0.5) is 5.13 Å². The molecule has 8 heteroatoms. The highest BCUT2D eigenvalue weighted by molar-refractivity contribution is 7.15. The average molecular weight is 395 g/mol. The molecule has 0 radical (unpaired) electrons. The summed E-state index contributed by atoms with van der Waals surface area (Å²) in [4.78, 5) is 12.9. The van der Waals surface area contributed by atoms with Crippen molar-refractivity contribution in [2.24, 2.45) is 13.0 Å². The first-order valence-corrected chi connectivity index (χ1v) is 10.3. The van der Waals surface area contributed by atoms with Crippen LogP contribution in [0.5, 0.6) is 0 Å². The van der Waals surface area contributed by atoms with Crippen molar-refractivity contribution >= 4 is 22.4 Å². The van der Waals surface area contributed by atoms with Crippen molar-refractivity contribution in [3.63, 3.8) is 0 Å². The fourth-order valence-corrected chi connectivity index (χ4v) is 5.00. The van der Waals surface area contributed by atoms with Gasteiger partial charge in [0.1, 0.15) is 11.1 Å². The molecular weight excluding hydrogens is 374 g/mol. The van der Waals surface area contributed by atoms with Crippen molar-refractivity contribution < 1.29 is 9.53 Å². The molecule has 0 unspecified atom stereocenters. The van der Waals surface area contributed by atoms with Crippen LogP contribution in [0.3, 0.4) is 0 Å². The maximum absolute atomic E-state index is 12.9. The Hall–Kier alpha value is -2.58. The minimum atomic E-state index is -0.279. The summed E-state index contributed by atoms with van der Waals surface area (Å²) in [7, 11) is 1.86. The predicted molar refractivity (Wildman–Crippen MR) is 105 cm³/mol. The largest absolute Gasteiger partial charge is 0.371 e. The van der Waals surface area contributed by atoms with Gasteiger partial charge in [0, 0.05) is 25.3 Å². The standard InChI is InChI=1S/C20H21N5O2S/c1-25-15(7-11-21-25)16-14(8-12-27-16)17(26)22-19-24-23-18(28-19)20(9-10-20)13-5-3-2-4-6-13/h2-7,11,14,16H,8-10,12H2,1H3,(H,22,24,26)/t14-,16-/m1/s1. The van der Waals surface area contributed by atoms with Crippen LogP contribution in [0, 0.1) is 5.92 Å². The number of benzene rings is 1. The number of hydrogen-bond donors (Lipinski definition) is 1. The Morgan fingerprint density at radius 2 is 2.07 bits per heavy atom. The SMILES string of the molecule is Cn1nccc1[C@@H]1OCC[C@H]1C(=O)Nc1nnc(C2(c3ccccc3)CC2)s1. The van der Waals surface area contributed by atoms with Gasteiger partial charge < -0.3 is 10.1 Å². The fourth-order valence-electron chi connectivity index (χ4n) is 3.99. The highest BCUT2D eigenvalue weighted by Crippen LogP contribution is 2.54. The van der Waals surface area contributed by atoms with E-state index in [1.807, 2.05) is 19.2 Å². The van der Waals surface area contributed by atoms with E-state index in [0.717, 1.165) is 23.5 Å². The summed E-state index contributed by atoms with van der Waals surface area (Å²) in [6.45, 7) is 0.562. The Bertz CT molecular complexity index is 995. The predicted octanol–water partition coefficient (Wildman–Crippen LogP) is 3.07. The second-order valence-electron chi connectivity index (χ2n) is 7.42. The molecule has 144 valence electrons. The van der Waals surface area contributed by atoms with Crippen molar-refractivity contribution in [2.45, 2.75) is 30.8 Å². The maximum atomic E-state index is 12.9. The number of amides is 1. The number of nitrogens with zero attached hydrogens (tertiary/aromatic N) is 4. The smallest absolute Gasteiger partial charge is 0.232 e. The van der Waals surface area contributed by atoms with Gasteiger partial charge in [-0.1, -0.05) is 41.7 Å². The molecule has 5 rings (SSSR count). The van der Waals surface area contributed by atoms with E-state index in [1.165, 1.54) is 16.9 Å². The quantitative estimate of drug-likeness (QED) is 0.718. The van der Waals surface area contributed by atoms with E-state index in [1.54, 1.807) is 10.9 Å². The van der Waals surface area contributed by atoms with Crippen LogP contribution in [0.2, 0.25) is 0 Å². The van der Waals surface area contributed by atoms with Gasteiger partial charge in [-0.15, -0.1) is 10.2 Å². The molecule has 0 spiro atoms. The van der Waals surface area contributed by atoms with Gasteiger partial charge in [0.25, 0.3) is 0 Å². The molecule has 2 atom stereocenters. The van der Waals surface area contributed by atoms with Crippen LogP contribution in [-0.4, -0.2) is 32.5 Å². The molecular formula is C20H21N5O2S. The van der Waals surface area contributed by atoms with Gasteiger partial charge in [0.2, 0.25) is 11.0 Å². The van der Waals surface area contributed by atoms with Crippen LogP contribution < -0.4 is 5.32 Å². The van der Waals surface area contributed by atoms with Gasteiger partial charge in [-0.05, 0) is 30.9 Å². The highest BCUT2D eigenvalue weighted by Gasteiger charge is 2.49. The van der Waals surface area contributed by atoms with Crippen LogP contribution in [0.15, 0.2) is 42.6 Å². The van der Waals surface area contributed by atoms with Crippen molar-refractivity contribution in [1.82, 2.24) is 20.0 Å². The van der Waals surface area contributed by atoms with E-state index in [2.05, 4.69) is 44.9 Å². The first-order valence-electron chi connectivity index (χ1n) is 9.47. The van der Waals surface area contributed by atoms with E-state index < -0.39 is 0 Å². The Kier molecular flexibility index (Phi) is 4.25. The molecule has 7 nitrogen and oxygen atoms in total. The van der Waals surface area contributed by atoms with Gasteiger partial charge in [0.15, 0.2) is 0 Å². The topological polar surface area (TPSA) is 81.9 Å². The van der Waals surface area contributed by atoms with E-state index in [9.17, 15) is 4.79 Å². The normalized spacial score (nSPS) is 22.9. The average Bonchev–Trinajstić information content (AvgIpc) is 3.05. The fraction of sp³-hybridized carbons (Fsp3) is 0.400. The molecule has 1 aliphatic heterocycles. The monoisotopic (exact) mass is 395 g/mol. The summed E-state index contributed by atoms with van der Waals surface area (Å²) >= 11 is 1.47. The van der Waals surface area contributed by atoms with Gasteiger partial charge in [-0.2, -0.15) is 5.10 Å². The third kappa shape index (κ3) is 2.93. The molecule has 2 fully saturated rings. The van der Waals surface area contributed by atoms with Crippen molar-refractivity contribution in [1.29, 1.82) is 0 Å². The Morgan fingerprint density at radius 1 is 1.25 bits per heavy atom. The van der Waals surface area contributed by atoms with Gasteiger partial charge in [-0.3, -0.25) is 9.48 Å². The third-order valence-electron chi connectivity index (χ3n) is 5.72. The molecule has 2 aromatic heterocycles. The maximum Gasteiger partial charge on any atom is 0.232 e. The van der Waals surface area contributed by atoms with Gasteiger partial charge >= 0.3 is 0 Å². The lowest BCUT2D eigenvalue weighted by atomic mass is 9.97. The molecule has 3 heterocycles. The number of hydrogen-bond acceptors (Lipinski definition) is 6. The number of aryl methyl sites for hydroxylation is 1. The number of carbonyl (C=O) groups is 1. The van der Waals surface area contributed by atoms with E-state index in [-0.39, 0.29) is 23.3 Å². The summed E-state index contributed by atoms with van der Waals surface area (Å²) in [5.41, 5.74) is 2.15. The summed E-state index contributed by atoms with van der Waals surface area (Å²) in [5, 5.41) is 17.3.